The van der Waals surface area contributed by atoms with Gasteiger partial charge in [-0.1, -0.05) is 12.1 Å². The number of aryl methyl sites for hydroxylation is 2. The van der Waals surface area contributed by atoms with Crippen LogP contribution < -0.4 is 0 Å². The zero-order chi connectivity index (χ0) is 18.3. The van der Waals surface area contributed by atoms with Gasteiger partial charge in [-0.25, -0.2) is 4.98 Å². The minimum absolute atomic E-state index is 0.0926. The maximum Gasteiger partial charge on any atom is 0.184 e. The van der Waals surface area contributed by atoms with Gasteiger partial charge in [-0.2, -0.15) is 0 Å². The molecule has 4 aromatic rings. The van der Waals surface area contributed by atoms with Crippen molar-refractivity contribution in [1.82, 2.24) is 14.1 Å². The Balaban J connectivity index is 1.65. The fraction of sp³-hybridized carbons (Fsp3) is 0.238. The smallest absolute Gasteiger partial charge is 0.184 e. The van der Waals surface area contributed by atoms with E-state index in [0.717, 1.165) is 39.6 Å². The molecule has 1 aromatic carbocycles. The van der Waals surface area contributed by atoms with Crippen molar-refractivity contribution in [1.29, 1.82) is 0 Å². The molecule has 0 saturated heterocycles. The number of hydrogen-bond donors (Lipinski definition) is 0. The topological polar surface area (TPSA) is 53.0 Å². The molecule has 0 aliphatic heterocycles. The molecular formula is C21H21N3O2. The SMILES string of the molecule is Cc1cc(C(=O)Cn2c(C)nc3ccccc32)c(C)n1Cc1ccco1. The summed E-state index contributed by atoms with van der Waals surface area (Å²) < 4.78 is 9.55. The summed E-state index contributed by atoms with van der Waals surface area (Å²) in [5.41, 5.74) is 4.68. The molecular weight excluding hydrogens is 326 g/mol. The lowest BCUT2D eigenvalue weighted by atomic mass is 10.1. The first kappa shape index (κ1) is 16.4. The number of nitrogens with zero attached hydrogens (tertiary/aromatic N) is 3. The number of Topliss-reactive ketones (excluding diaryl/α,β-unsaturated/α-hetero) is 1. The Bertz CT molecular complexity index is 1080. The molecule has 0 N–H and O–H groups in total. The molecule has 3 heterocycles. The highest BCUT2D eigenvalue weighted by Crippen LogP contribution is 2.21. The number of furan rings is 1. The van der Waals surface area contributed by atoms with Crippen molar-refractivity contribution < 1.29 is 9.21 Å². The van der Waals surface area contributed by atoms with Crippen molar-refractivity contribution in [3.05, 3.63) is 77.3 Å². The molecule has 0 amide bonds. The van der Waals surface area contributed by atoms with Gasteiger partial charge in [0.2, 0.25) is 0 Å². The predicted octanol–water partition coefficient (Wildman–Crippen LogP) is 4.29. The number of imidazole rings is 1. The second-order valence-electron chi connectivity index (χ2n) is 6.61. The Labute approximate surface area is 151 Å². The summed E-state index contributed by atoms with van der Waals surface area (Å²) in [6.07, 6.45) is 1.67. The van der Waals surface area contributed by atoms with Crippen LogP contribution in [-0.2, 0) is 13.1 Å². The number of carbonyl (C=O) groups excluding carboxylic acids is 1. The lowest BCUT2D eigenvalue weighted by Crippen LogP contribution is -2.13. The fourth-order valence-corrected chi connectivity index (χ4v) is 3.51. The maximum atomic E-state index is 13.0. The van der Waals surface area contributed by atoms with Crippen molar-refractivity contribution in [2.24, 2.45) is 0 Å². The molecule has 0 radical (unpaired) electrons. The van der Waals surface area contributed by atoms with Gasteiger partial charge in [0.05, 0.1) is 30.4 Å². The minimum Gasteiger partial charge on any atom is -0.467 e. The first-order valence-corrected chi connectivity index (χ1v) is 8.69. The van der Waals surface area contributed by atoms with Crippen molar-refractivity contribution >= 4 is 16.8 Å². The Morgan fingerprint density at radius 3 is 2.65 bits per heavy atom. The average Bonchev–Trinajstić information content (AvgIpc) is 3.31. The van der Waals surface area contributed by atoms with E-state index >= 15 is 0 Å². The molecule has 0 bridgehead atoms. The van der Waals surface area contributed by atoms with E-state index in [-0.39, 0.29) is 12.3 Å². The van der Waals surface area contributed by atoms with Gasteiger partial charge < -0.3 is 13.6 Å². The molecule has 0 aliphatic carbocycles. The molecule has 0 aliphatic rings. The summed E-state index contributed by atoms with van der Waals surface area (Å²) in [6, 6.07) is 13.7. The van der Waals surface area contributed by atoms with Gasteiger partial charge in [-0.3, -0.25) is 4.79 Å². The molecule has 5 nitrogen and oxygen atoms in total. The van der Waals surface area contributed by atoms with E-state index in [9.17, 15) is 4.79 Å². The third kappa shape index (κ3) is 2.75. The standard InChI is InChI=1S/C21H21N3O2/c1-14-11-18(15(2)23(14)12-17-7-6-10-26-17)21(25)13-24-16(3)22-19-8-4-5-9-20(19)24/h4-11H,12-13H2,1-3H3. The van der Waals surface area contributed by atoms with Gasteiger partial charge in [0.25, 0.3) is 0 Å². The average molecular weight is 347 g/mol. The number of fused-ring (bicyclic) bond motifs is 1. The zero-order valence-corrected chi connectivity index (χ0v) is 15.2. The highest BCUT2D eigenvalue weighted by Gasteiger charge is 2.18. The summed E-state index contributed by atoms with van der Waals surface area (Å²) in [4.78, 5) is 17.6. The molecule has 0 saturated carbocycles. The molecule has 0 unspecified atom stereocenters. The summed E-state index contributed by atoms with van der Waals surface area (Å²) in [6.45, 7) is 6.86. The van der Waals surface area contributed by atoms with Gasteiger partial charge >= 0.3 is 0 Å². The molecule has 3 aromatic heterocycles. The fourth-order valence-electron chi connectivity index (χ4n) is 3.51. The van der Waals surface area contributed by atoms with Gasteiger partial charge in [0.15, 0.2) is 5.78 Å². The molecule has 0 atom stereocenters. The Kier molecular flexibility index (Phi) is 3.99. The van der Waals surface area contributed by atoms with Crippen LogP contribution in [0.2, 0.25) is 0 Å². The second kappa shape index (κ2) is 6.33. The van der Waals surface area contributed by atoms with E-state index in [2.05, 4.69) is 9.55 Å². The number of carbonyl (C=O) groups is 1. The second-order valence-corrected chi connectivity index (χ2v) is 6.61. The normalized spacial score (nSPS) is 11.3. The largest absolute Gasteiger partial charge is 0.467 e. The van der Waals surface area contributed by atoms with Crippen LogP contribution in [0.3, 0.4) is 0 Å². The highest BCUT2D eigenvalue weighted by atomic mass is 16.3. The van der Waals surface area contributed by atoms with E-state index in [0.29, 0.717) is 6.54 Å². The van der Waals surface area contributed by atoms with E-state index in [1.807, 2.05) is 67.8 Å². The van der Waals surface area contributed by atoms with Crippen molar-refractivity contribution in [2.45, 2.75) is 33.9 Å². The van der Waals surface area contributed by atoms with E-state index < -0.39 is 0 Å². The predicted molar refractivity (Wildman–Crippen MR) is 101 cm³/mol. The van der Waals surface area contributed by atoms with Gasteiger partial charge in [0, 0.05) is 17.0 Å². The monoisotopic (exact) mass is 347 g/mol. The number of ketones is 1. The molecule has 5 heteroatoms. The number of benzene rings is 1. The first-order chi connectivity index (χ1) is 12.5. The summed E-state index contributed by atoms with van der Waals surface area (Å²) in [5, 5.41) is 0. The van der Waals surface area contributed by atoms with Crippen LogP contribution in [0.5, 0.6) is 0 Å². The van der Waals surface area contributed by atoms with E-state index in [4.69, 9.17) is 4.42 Å². The van der Waals surface area contributed by atoms with Crippen molar-refractivity contribution in [3.8, 4) is 0 Å². The third-order valence-corrected chi connectivity index (χ3v) is 4.92. The minimum atomic E-state index is 0.0926. The van der Waals surface area contributed by atoms with Gasteiger partial charge in [0.1, 0.15) is 11.6 Å². The van der Waals surface area contributed by atoms with Crippen LogP contribution in [0.1, 0.15) is 33.3 Å². The van der Waals surface area contributed by atoms with Crippen LogP contribution in [0, 0.1) is 20.8 Å². The summed E-state index contributed by atoms with van der Waals surface area (Å²) >= 11 is 0. The Morgan fingerprint density at radius 2 is 1.88 bits per heavy atom. The summed E-state index contributed by atoms with van der Waals surface area (Å²) in [7, 11) is 0. The van der Waals surface area contributed by atoms with Crippen LogP contribution >= 0.6 is 0 Å². The lowest BCUT2D eigenvalue weighted by molar-refractivity contribution is 0.0972. The van der Waals surface area contributed by atoms with Crippen molar-refractivity contribution in [2.75, 3.05) is 0 Å². The lowest BCUT2D eigenvalue weighted by Gasteiger charge is -2.09. The molecule has 0 fully saturated rings. The van der Waals surface area contributed by atoms with Gasteiger partial charge in [-0.15, -0.1) is 0 Å². The van der Waals surface area contributed by atoms with Crippen molar-refractivity contribution in [3.63, 3.8) is 0 Å². The maximum absolute atomic E-state index is 13.0. The van der Waals surface area contributed by atoms with Crippen LogP contribution in [-0.4, -0.2) is 19.9 Å². The van der Waals surface area contributed by atoms with Crippen LogP contribution in [0.4, 0.5) is 0 Å². The third-order valence-electron chi connectivity index (χ3n) is 4.92. The Morgan fingerprint density at radius 1 is 1.08 bits per heavy atom. The van der Waals surface area contributed by atoms with Crippen LogP contribution in [0.25, 0.3) is 11.0 Å². The van der Waals surface area contributed by atoms with E-state index in [1.165, 1.54) is 0 Å². The molecule has 0 spiro atoms. The molecule has 4 rings (SSSR count). The van der Waals surface area contributed by atoms with Gasteiger partial charge in [-0.05, 0) is 51.1 Å². The van der Waals surface area contributed by atoms with Crippen LogP contribution in [0.15, 0.2) is 53.1 Å². The highest BCUT2D eigenvalue weighted by molar-refractivity contribution is 5.98. The molecule has 26 heavy (non-hydrogen) atoms. The quantitative estimate of drug-likeness (QED) is 0.506. The number of para-hydroxylation sites is 2. The number of aromatic nitrogens is 3. The molecule has 132 valence electrons. The first-order valence-electron chi connectivity index (χ1n) is 8.69. The number of rotatable bonds is 5. The number of hydrogen-bond acceptors (Lipinski definition) is 3. The zero-order valence-electron chi connectivity index (χ0n) is 15.2. The van der Waals surface area contributed by atoms with E-state index in [1.54, 1.807) is 6.26 Å². The Hall–Kier alpha value is -3.08. The summed E-state index contributed by atoms with van der Waals surface area (Å²) in [5.74, 6) is 1.82.